The third kappa shape index (κ3) is 4.86. The average molecular weight is 277 g/mol. The molecule has 0 spiro atoms. The van der Waals surface area contributed by atoms with Crippen molar-refractivity contribution in [2.45, 2.75) is 13.1 Å². The lowest BCUT2D eigenvalue weighted by Crippen LogP contribution is -2.20. The molecule has 0 unspecified atom stereocenters. The zero-order valence-corrected chi connectivity index (χ0v) is 9.75. The van der Waals surface area contributed by atoms with Gasteiger partial charge < -0.3 is 15.2 Å². The normalized spacial score (nSPS) is 10.9. The van der Waals surface area contributed by atoms with E-state index in [1.54, 1.807) is 0 Å². The van der Waals surface area contributed by atoms with Crippen molar-refractivity contribution in [1.82, 2.24) is 0 Å². The van der Waals surface area contributed by atoms with Crippen molar-refractivity contribution >= 4 is 17.6 Å². The highest BCUT2D eigenvalue weighted by atomic mass is 19.4. The lowest BCUT2D eigenvalue weighted by atomic mass is 10.2. The third-order valence-corrected chi connectivity index (χ3v) is 1.93. The van der Waals surface area contributed by atoms with Crippen molar-refractivity contribution < 1.29 is 32.6 Å². The average Bonchev–Trinajstić information content (AvgIpc) is 2.25. The zero-order valence-electron chi connectivity index (χ0n) is 9.75. The lowest BCUT2D eigenvalue weighted by molar-refractivity contribution is -0.153. The predicted octanol–water partition coefficient (Wildman–Crippen LogP) is 2.28. The second-order valence-corrected chi connectivity index (χ2v) is 3.60. The Morgan fingerprint density at radius 3 is 2.47 bits per heavy atom. The first-order valence-electron chi connectivity index (χ1n) is 5.03. The number of aromatic carboxylic acids is 1. The summed E-state index contributed by atoms with van der Waals surface area (Å²) < 4.78 is 40.6. The maximum Gasteiger partial charge on any atom is 0.422 e. The molecule has 104 valence electrons. The fourth-order valence-electron chi connectivity index (χ4n) is 1.24. The summed E-state index contributed by atoms with van der Waals surface area (Å²) in [5.74, 6) is -2.08. The molecule has 19 heavy (non-hydrogen) atoms. The van der Waals surface area contributed by atoms with Crippen LogP contribution in [0, 0.1) is 0 Å². The van der Waals surface area contributed by atoms with E-state index in [1.165, 1.54) is 0 Å². The molecule has 2 N–H and O–H groups in total. The van der Waals surface area contributed by atoms with Crippen LogP contribution in [0.25, 0.3) is 0 Å². The number of carboxylic acids is 1. The van der Waals surface area contributed by atoms with E-state index < -0.39 is 24.7 Å². The monoisotopic (exact) mass is 277 g/mol. The second-order valence-electron chi connectivity index (χ2n) is 3.60. The molecule has 1 aromatic rings. The quantitative estimate of drug-likeness (QED) is 0.885. The molecule has 0 saturated heterocycles. The maximum absolute atomic E-state index is 12.0. The van der Waals surface area contributed by atoms with E-state index in [0.717, 1.165) is 25.1 Å². The number of rotatable bonds is 4. The number of anilines is 1. The summed E-state index contributed by atoms with van der Waals surface area (Å²) in [6, 6.07) is 3.16. The van der Waals surface area contributed by atoms with Crippen LogP contribution in [0.4, 0.5) is 18.9 Å². The highest BCUT2D eigenvalue weighted by molar-refractivity contribution is 5.94. The minimum absolute atomic E-state index is 0.128. The van der Waals surface area contributed by atoms with Gasteiger partial charge in [-0.25, -0.2) is 4.79 Å². The van der Waals surface area contributed by atoms with Crippen LogP contribution in [0.3, 0.4) is 0 Å². The van der Waals surface area contributed by atoms with E-state index in [4.69, 9.17) is 5.11 Å². The van der Waals surface area contributed by atoms with Crippen LogP contribution in [0.15, 0.2) is 18.2 Å². The van der Waals surface area contributed by atoms with E-state index in [2.05, 4.69) is 10.1 Å². The van der Waals surface area contributed by atoms with Crippen LogP contribution in [-0.2, 0) is 4.79 Å². The van der Waals surface area contributed by atoms with Crippen molar-refractivity contribution in [3.05, 3.63) is 23.8 Å². The molecule has 1 amide bonds. The molecule has 0 saturated carbocycles. The summed E-state index contributed by atoms with van der Waals surface area (Å²) in [6.07, 6.45) is -4.53. The second kappa shape index (κ2) is 5.59. The summed E-state index contributed by atoms with van der Waals surface area (Å²) in [7, 11) is 0. The highest BCUT2D eigenvalue weighted by Gasteiger charge is 2.29. The number of carbonyl (C=O) groups excluding carboxylic acids is 1. The molecular weight excluding hydrogens is 267 g/mol. The molecule has 1 rings (SSSR count). The van der Waals surface area contributed by atoms with Crippen LogP contribution in [0.2, 0.25) is 0 Å². The van der Waals surface area contributed by atoms with Gasteiger partial charge in [-0.3, -0.25) is 4.79 Å². The molecule has 0 fully saturated rings. The molecule has 0 atom stereocenters. The third-order valence-electron chi connectivity index (χ3n) is 1.93. The fourth-order valence-corrected chi connectivity index (χ4v) is 1.24. The zero-order chi connectivity index (χ0) is 14.6. The SMILES string of the molecule is CC(=O)Nc1cc(C(=O)O)ccc1OCC(F)(F)F. The molecule has 5 nitrogen and oxygen atoms in total. The van der Waals surface area contributed by atoms with Gasteiger partial charge in [0.05, 0.1) is 11.3 Å². The smallest absolute Gasteiger partial charge is 0.422 e. The van der Waals surface area contributed by atoms with E-state index in [-0.39, 0.29) is 17.0 Å². The number of hydrogen-bond acceptors (Lipinski definition) is 3. The van der Waals surface area contributed by atoms with Gasteiger partial charge in [-0.1, -0.05) is 0 Å². The molecule has 0 aliphatic carbocycles. The first-order chi connectivity index (χ1) is 8.69. The Kier molecular flexibility index (Phi) is 4.36. The Balaban J connectivity index is 3.01. The van der Waals surface area contributed by atoms with Crippen molar-refractivity contribution in [3.8, 4) is 5.75 Å². The van der Waals surface area contributed by atoms with Crippen molar-refractivity contribution in [2.24, 2.45) is 0 Å². The number of carboxylic acid groups (broad SMARTS) is 1. The molecule has 0 aliphatic rings. The van der Waals surface area contributed by atoms with Crippen LogP contribution in [0.1, 0.15) is 17.3 Å². The van der Waals surface area contributed by atoms with Crippen molar-refractivity contribution in [1.29, 1.82) is 0 Å². The van der Waals surface area contributed by atoms with Crippen LogP contribution >= 0.6 is 0 Å². The van der Waals surface area contributed by atoms with Gasteiger partial charge in [0, 0.05) is 6.92 Å². The summed E-state index contributed by atoms with van der Waals surface area (Å²) in [5, 5.41) is 11.0. The molecular formula is C11H10F3NO4. The summed E-state index contributed by atoms with van der Waals surface area (Å²) in [4.78, 5) is 21.6. The molecule has 1 aromatic carbocycles. The number of benzene rings is 1. The summed E-state index contributed by atoms with van der Waals surface area (Å²) in [5.41, 5.74) is -0.306. The largest absolute Gasteiger partial charge is 0.482 e. The van der Waals surface area contributed by atoms with Gasteiger partial charge >= 0.3 is 12.1 Å². The number of alkyl halides is 3. The predicted molar refractivity (Wildman–Crippen MR) is 59.3 cm³/mol. The van der Waals surface area contributed by atoms with Crippen molar-refractivity contribution in [3.63, 3.8) is 0 Å². The van der Waals surface area contributed by atoms with E-state index in [1.807, 2.05) is 0 Å². The highest BCUT2D eigenvalue weighted by Crippen LogP contribution is 2.28. The number of halogens is 3. The first-order valence-corrected chi connectivity index (χ1v) is 5.03. The standard InChI is InChI=1S/C11H10F3NO4/c1-6(16)15-8-4-7(10(17)18)2-3-9(8)19-5-11(12,13)14/h2-4H,5H2,1H3,(H,15,16)(H,17,18). The number of hydrogen-bond donors (Lipinski definition) is 2. The Hall–Kier alpha value is -2.25. The van der Waals surface area contributed by atoms with E-state index in [9.17, 15) is 22.8 Å². The Bertz CT molecular complexity index is 499. The minimum Gasteiger partial charge on any atom is -0.482 e. The molecule has 0 heterocycles. The minimum atomic E-state index is -4.53. The molecule has 0 radical (unpaired) electrons. The Morgan fingerprint density at radius 1 is 1.37 bits per heavy atom. The Labute approximate surface area is 106 Å². The van der Waals surface area contributed by atoms with Gasteiger partial charge in [0.15, 0.2) is 6.61 Å². The van der Waals surface area contributed by atoms with Gasteiger partial charge in [-0.05, 0) is 18.2 Å². The number of amides is 1. The fraction of sp³-hybridized carbons (Fsp3) is 0.273. The van der Waals surface area contributed by atoms with Gasteiger partial charge in [-0.15, -0.1) is 0 Å². The number of ether oxygens (including phenoxy) is 1. The maximum atomic E-state index is 12.0. The molecule has 8 heteroatoms. The topological polar surface area (TPSA) is 75.6 Å². The molecule has 0 aliphatic heterocycles. The summed E-state index contributed by atoms with van der Waals surface area (Å²) >= 11 is 0. The molecule has 0 aromatic heterocycles. The number of nitrogens with one attached hydrogen (secondary N) is 1. The van der Waals surface area contributed by atoms with Gasteiger partial charge in [0.2, 0.25) is 5.91 Å². The van der Waals surface area contributed by atoms with E-state index >= 15 is 0 Å². The van der Waals surface area contributed by atoms with Gasteiger partial charge in [0.25, 0.3) is 0 Å². The van der Waals surface area contributed by atoms with E-state index in [0.29, 0.717) is 0 Å². The summed E-state index contributed by atoms with van der Waals surface area (Å²) in [6.45, 7) is -0.396. The van der Waals surface area contributed by atoms with Gasteiger partial charge in [-0.2, -0.15) is 13.2 Å². The Morgan fingerprint density at radius 2 is 2.00 bits per heavy atom. The number of carbonyl (C=O) groups is 2. The van der Waals surface area contributed by atoms with Crippen molar-refractivity contribution in [2.75, 3.05) is 11.9 Å². The molecule has 0 bridgehead atoms. The van der Waals surface area contributed by atoms with Crippen LogP contribution in [0.5, 0.6) is 5.75 Å². The first kappa shape index (κ1) is 14.8. The van der Waals surface area contributed by atoms with Crippen LogP contribution < -0.4 is 10.1 Å². The lowest BCUT2D eigenvalue weighted by Gasteiger charge is -2.13. The van der Waals surface area contributed by atoms with Gasteiger partial charge in [0.1, 0.15) is 5.75 Å². The van der Waals surface area contributed by atoms with Crippen LogP contribution in [-0.4, -0.2) is 29.8 Å².